The summed E-state index contributed by atoms with van der Waals surface area (Å²) in [6.45, 7) is 0.210. The highest BCUT2D eigenvalue weighted by Gasteiger charge is 2.33. The number of hydrogen-bond donors (Lipinski definition) is 1. The van der Waals surface area contributed by atoms with Crippen LogP contribution in [0.1, 0.15) is 5.69 Å². The van der Waals surface area contributed by atoms with Crippen LogP contribution < -0.4 is 11.1 Å². The summed E-state index contributed by atoms with van der Waals surface area (Å²) in [4.78, 5) is 33.4. The molecule has 1 N–H and O–H groups in total. The maximum absolute atomic E-state index is 12.7. The predicted octanol–water partition coefficient (Wildman–Crippen LogP) is 2.29. The average Bonchev–Trinajstić information content (AvgIpc) is 2.56. The summed E-state index contributed by atoms with van der Waals surface area (Å²) >= 11 is 0.920. The molecule has 0 radical (unpaired) electrons. The fourth-order valence-corrected chi connectivity index (χ4v) is 2.97. The second kappa shape index (κ2) is 6.71. The number of nitrogens with one attached hydrogen (secondary N) is 1. The second-order valence-electron chi connectivity index (χ2n) is 5.04. The van der Waals surface area contributed by atoms with Gasteiger partial charge in [0, 0.05) is 18.4 Å². The highest BCUT2D eigenvalue weighted by atomic mass is 32.2. The zero-order chi connectivity index (χ0) is 18.0. The number of aromatic amines is 1. The Morgan fingerprint density at radius 2 is 1.96 bits per heavy atom. The van der Waals surface area contributed by atoms with E-state index in [-0.39, 0.29) is 23.0 Å². The summed E-state index contributed by atoms with van der Waals surface area (Å²) in [5, 5.41) is 0.308. The van der Waals surface area contributed by atoms with E-state index in [0.717, 1.165) is 11.8 Å². The maximum atomic E-state index is 12.7. The number of aryl methyl sites for hydroxylation is 1. The molecule has 0 saturated heterocycles. The Bertz CT molecular complexity index is 1030. The summed E-state index contributed by atoms with van der Waals surface area (Å²) in [7, 11) is 0. The van der Waals surface area contributed by atoms with Crippen molar-refractivity contribution in [1.29, 1.82) is 0 Å². The van der Waals surface area contributed by atoms with Crippen molar-refractivity contribution in [3.8, 4) is 0 Å². The SMILES string of the molecule is O=c1cc(C(F)(F)F)nc(SCCn2cnc3ccccc3c2=O)[nH]1. The fourth-order valence-electron chi connectivity index (χ4n) is 2.15. The quantitative estimate of drug-likeness (QED) is 0.565. The molecule has 2 heterocycles. The summed E-state index contributed by atoms with van der Waals surface area (Å²) < 4.78 is 39.3. The smallest absolute Gasteiger partial charge is 0.301 e. The molecule has 0 bridgehead atoms. The minimum Gasteiger partial charge on any atom is -0.301 e. The minimum absolute atomic E-state index is 0.151. The molecule has 1 aromatic carbocycles. The first-order valence-electron chi connectivity index (χ1n) is 7.10. The Balaban J connectivity index is 1.76. The summed E-state index contributed by atoms with van der Waals surface area (Å²) in [5.41, 5.74) is -1.80. The standard InChI is InChI=1S/C15H11F3N4O2S/c16-15(17,18)11-7-12(23)21-14(20-11)25-6-5-22-8-19-10-4-2-1-3-9(10)13(22)24/h1-4,7-8H,5-6H2,(H,20,21,23). The topological polar surface area (TPSA) is 80.6 Å². The molecular formula is C15H11F3N4O2S. The van der Waals surface area contributed by atoms with Crippen molar-refractivity contribution in [3.05, 3.63) is 63.1 Å². The normalized spacial score (nSPS) is 11.8. The molecule has 0 aliphatic rings. The molecule has 130 valence electrons. The molecule has 0 aliphatic heterocycles. The molecule has 3 rings (SSSR count). The molecule has 2 aromatic heterocycles. The number of rotatable bonds is 4. The van der Waals surface area contributed by atoms with Gasteiger partial charge >= 0.3 is 6.18 Å². The van der Waals surface area contributed by atoms with Gasteiger partial charge in [-0.2, -0.15) is 13.2 Å². The van der Waals surface area contributed by atoms with E-state index in [9.17, 15) is 22.8 Å². The molecule has 0 fully saturated rings. The van der Waals surface area contributed by atoms with Crippen LogP contribution in [0.5, 0.6) is 0 Å². The highest BCUT2D eigenvalue weighted by Crippen LogP contribution is 2.27. The Kier molecular flexibility index (Phi) is 4.62. The van der Waals surface area contributed by atoms with Crippen molar-refractivity contribution in [2.24, 2.45) is 0 Å². The molecule has 0 amide bonds. The van der Waals surface area contributed by atoms with Crippen LogP contribution in [0.3, 0.4) is 0 Å². The van der Waals surface area contributed by atoms with Gasteiger partial charge in [0.25, 0.3) is 11.1 Å². The van der Waals surface area contributed by atoms with Gasteiger partial charge in [-0.05, 0) is 12.1 Å². The van der Waals surface area contributed by atoms with Crippen LogP contribution >= 0.6 is 11.8 Å². The third-order valence-electron chi connectivity index (χ3n) is 3.31. The lowest BCUT2D eigenvalue weighted by Crippen LogP contribution is -2.22. The average molecular weight is 368 g/mol. The zero-order valence-corrected chi connectivity index (χ0v) is 13.4. The van der Waals surface area contributed by atoms with Crippen LogP contribution in [0.2, 0.25) is 0 Å². The maximum Gasteiger partial charge on any atom is 0.433 e. The second-order valence-corrected chi connectivity index (χ2v) is 6.13. The predicted molar refractivity (Wildman–Crippen MR) is 86.6 cm³/mol. The van der Waals surface area contributed by atoms with Crippen molar-refractivity contribution in [3.63, 3.8) is 0 Å². The number of para-hydroxylation sites is 1. The molecule has 0 spiro atoms. The molecule has 0 unspecified atom stereocenters. The lowest BCUT2D eigenvalue weighted by molar-refractivity contribution is -0.141. The van der Waals surface area contributed by atoms with Crippen LogP contribution in [0.15, 0.2) is 51.4 Å². The number of hydrogen-bond acceptors (Lipinski definition) is 5. The molecule has 0 saturated carbocycles. The number of benzene rings is 1. The van der Waals surface area contributed by atoms with Gasteiger partial charge in [-0.1, -0.05) is 23.9 Å². The van der Waals surface area contributed by atoms with E-state index in [2.05, 4.69) is 15.0 Å². The monoisotopic (exact) mass is 368 g/mol. The largest absolute Gasteiger partial charge is 0.433 e. The van der Waals surface area contributed by atoms with Crippen molar-refractivity contribution >= 4 is 22.7 Å². The highest BCUT2D eigenvalue weighted by molar-refractivity contribution is 7.99. The third-order valence-corrected chi connectivity index (χ3v) is 4.17. The number of H-pyrrole nitrogens is 1. The number of alkyl halides is 3. The number of fused-ring (bicyclic) bond motifs is 1. The van der Waals surface area contributed by atoms with Gasteiger partial charge in [0.05, 0.1) is 17.2 Å². The van der Waals surface area contributed by atoms with Crippen molar-refractivity contribution in [2.75, 3.05) is 5.75 Å². The van der Waals surface area contributed by atoms with E-state index >= 15 is 0 Å². The van der Waals surface area contributed by atoms with Gasteiger partial charge in [0.1, 0.15) is 0 Å². The van der Waals surface area contributed by atoms with Gasteiger partial charge in [-0.15, -0.1) is 0 Å². The minimum atomic E-state index is -4.69. The van der Waals surface area contributed by atoms with E-state index < -0.39 is 17.4 Å². The number of nitrogens with zero attached hydrogens (tertiary/aromatic N) is 3. The molecule has 0 aliphatic carbocycles. The van der Waals surface area contributed by atoms with Gasteiger partial charge in [0.15, 0.2) is 10.9 Å². The Labute approximate surface area is 142 Å². The summed E-state index contributed by atoms with van der Waals surface area (Å²) in [5.74, 6) is 0.240. The number of halogens is 3. The van der Waals surface area contributed by atoms with E-state index in [0.29, 0.717) is 17.0 Å². The van der Waals surface area contributed by atoms with Crippen molar-refractivity contribution < 1.29 is 13.2 Å². The summed E-state index contributed by atoms with van der Waals surface area (Å²) in [6.07, 6.45) is -3.31. The van der Waals surface area contributed by atoms with E-state index in [1.807, 2.05) is 0 Å². The van der Waals surface area contributed by atoms with Crippen LogP contribution in [-0.4, -0.2) is 25.3 Å². The molecule has 6 nitrogen and oxygen atoms in total. The van der Waals surface area contributed by atoms with Crippen molar-refractivity contribution in [1.82, 2.24) is 19.5 Å². The number of thioether (sulfide) groups is 1. The number of aromatic nitrogens is 4. The van der Waals surface area contributed by atoms with Gasteiger partial charge in [-0.25, -0.2) is 9.97 Å². The van der Waals surface area contributed by atoms with Crippen LogP contribution in [0.4, 0.5) is 13.2 Å². The first kappa shape index (κ1) is 17.2. The fraction of sp³-hybridized carbons (Fsp3) is 0.200. The molecular weight excluding hydrogens is 357 g/mol. The van der Waals surface area contributed by atoms with Gasteiger partial charge in [-0.3, -0.25) is 14.2 Å². The first-order valence-corrected chi connectivity index (χ1v) is 8.09. The lowest BCUT2D eigenvalue weighted by Gasteiger charge is -2.08. The van der Waals surface area contributed by atoms with Crippen LogP contribution in [-0.2, 0) is 12.7 Å². The van der Waals surface area contributed by atoms with E-state index in [1.165, 1.54) is 10.9 Å². The lowest BCUT2D eigenvalue weighted by atomic mass is 10.2. The Hall–Kier alpha value is -2.62. The van der Waals surface area contributed by atoms with E-state index in [4.69, 9.17) is 0 Å². The van der Waals surface area contributed by atoms with Gasteiger partial charge < -0.3 is 4.98 Å². The first-order chi connectivity index (χ1) is 11.8. The molecule has 3 aromatic rings. The Morgan fingerprint density at radius 3 is 2.72 bits per heavy atom. The molecule has 25 heavy (non-hydrogen) atoms. The molecule has 0 atom stereocenters. The zero-order valence-electron chi connectivity index (χ0n) is 12.6. The molecule has 10 heteroatoms. The Morgan fingerprint density at radius 1 is 1.20 bits per heavy atom. The van der Waals surface area contributed by atoms with E-state index in [1.54, 1.807) is 24.3 Å². The third kappa shape index (κ3) is 3.90. The van der Waals surface area contributed by atoms with Gasteiger partial charge in [0.2, 0.25) is 0 Å². The van der Waals surface area contributed by atoms with Crippen molar-refractivity contribution in [2.45, 2.75) is 17.9 Å². The van der Waals surface area contributed by atoms with Crippen LogP contribution in [0, 0.1) is 0 Å². The van der Waals surface area contributed by atoms with Crippen LogP contribution in [0.25, 0.3) is 10.9 Å². The summed E-state index contributed by atoms with van der Waals surface area (Å²) in [6, 6.07) is 7.27.